The molecule has 3 aromatic heterocycles. The van der Waals surface area contributed by atoms with E-state index in [2.05, 4.69) is 130 Å². The van der Waals surface area contributed by atoms with Gasteiger partial charge < -0.3 is 9.30 Å². The van der Waals surface area contributed by atoms with Crippen molar-refractivity contribution < 1.29 is 4.57 Å². The second kappa shape index (κ2) is 9.13. The summed E-state index contributed by atoms with van der Waals surface area (Å²) in [5, 5.41) is 0. The number of allylic oxidation sites excluding steroid dienone is 3. The average molecular weight is 477 g/mol. The number of benzene rings is 1. The molecule has 3 nitrogen and oxygen atoms in total. The third kappa shape index (κ3) is 3.69. The minimum Gasteiger partial charge on any atom is -0.378 e. The van der Waals surface area contributed by atoms with Crippen molar-refractivity contribution in [2.45, 2.75) is 54.4 Å². The Kier molecular flexibility index (Phi) is 6.12. The number of nitrogens with zero attached hydrogens (tertiary/aromatic N) is 3. The molecule has 184 valence electrons. The van der Waals surface area contributed by atoms with Gasteiger partial charge >= 0.3 is 0 Å². The van der Waals surface area contributed by atoms with Gasteiger partial charge in [0, 0.05) is 54.3 Å². The first-order valence-electron chi connectivity index (χ1n) is 13.1. The fourth-order valence-corrected chi connectivity index (χ4v) is 5.52. The molecule has 0 saturated carbocycles. The van der Waals surface area contributed by atoms with E-state index < -0.39 is 0 Å². The zero-order valence-electron chi connectivity index (χ0n) is 23.0. The lowest BCUT2D eigenvalue weighted by Crippen LogP contribution is -2.34. The number of hydrogen-bond acceptors (Lipinski definition) is 1. The molecule has 5 rings (SSSR count). The summed E-state index contributed by atoms with van der Waals surface area (Å²) < 4.78 is 4.88. The van der Waals surface area contributed by atoms with Gasteiger partial charge in [0.1, 0.15) is 0 Å². The van der Waals surface area contributed by atoms with Crippen molar-refractivity contribution in [2.75, 3.05) is 19.0 Å². The van der Waals surface area contributed by atoms with E-state index in [4.69, 9.17) is 0 Å². The number of pyridine rings is 2. The lowest BCUT2D eigenvalue weighted by atomic mass is 9.94. The molecule has 1 aromatic carbocycles. The van der Waals surface area contributed by atoms with Crippen LogP contribution in [0.3, 0.4) is 0 Å². The molecular weight excluding hydrogens is 438 g/mol. The highest BCUT2D eigenvalue weighted by Crippen LogP contribution is 2.40. The number of aryl methyl sites for hydroxylation is 3. The number of rotatable bonds is 5. The van der Waals surface area contributed by atoms with Gasteiger partial charge in [0.15, 0.2) is 6.20 Å². The smallest absolute Gasteiger partial charge is 0.224 e. The lowest BCUT2D eigenvalue weighted by Gasteiger charge is -2.16. The summed E-state index contributed by atoms with van der Waals surface area (Å²) in [5.41, 5.74) is 17.0. The Bertz CT molecular complexity index is 1540. The maximum Gasteiger partial charge on any atom is 0.224 e. The van der Waals surface area contributed by atoms with E-state index >= 15 is 0 Å². The first kappa shape index (κ1) is 24.1. The molecule has 0 atom stereocenters. The SMILES string of the molecule is CCc1ccc2c(C)c(C)c(C(=C3C(C)=C(C)c4ccc(CC)c[n+]43)c3ccc(N(C)C)cc3)n2c1. The van der Waals surface area contributed by atoms with Crippen LogP contribution < -0.4 is 9.47 Å². The summed E-state index contributed by atoms with van der Waals surface area (Å²) >= 11 is 0. The normalized spacial score (nSPS) is 14.6. The molecule has 0 radical (unpaired) electrons. The van der Waals surface area contributed by atoms with Crippen molar-refractivity contribution >= 4 is 28.0 Å². The zero-order chi connectivity index (χ0) is 25.7. The number of hydrogen-bond donors (Lipinski definition) is 0. The van der Waals surface area contributed by atoms with E-state index in [1.165, 1.54) is 72.8 Å². The Balaban J connectivity index is 1.94. The van der Waals surface area contributed by atoms with Crippen molar-refractivity contribution in [3.8, 4) is 0 Å². The van der Waals surface area contributed by atoms with Gasteiger partial charge in [-0.2, -0.15) is 4.57 Å². The second-order valence-corrected chi connectivity index (χ2v) is 10.3. The zero-order valence-corrected chi connectivity index (χ0v) is 23.0. The van der Waals surface area contributed by atoms with Crippen LogP contribution in [0, 0.1) is 13.8 Å². The largest absolute Gasteiger partial charge is 0.378 e. The topological polar surface area (TPSA) is 11.5 Å². The third-order valence-electron chi connectivity index (χ3n) is 8.07. The van der Waals surface area contributed by atoms with Crippen LogP contribution in [0.15, 0.2) is 66.5 Å². The molecule has 0 saturated heterocycles. The predicted molar refractivity (Wildman–Crippen MR) is 154 cm³/mol. The first-order chi connectivity index (χ1) is 17.3. The molecule has 0 fully saturated rings. The molecule has 0 spiro atoms. The van der Waals surface area contributed by atoms with Crippen LogP contribution in [0.5, 0.6) is 0 Å². The first-order valence-corrected chi connectivity index (χ1v) is 13.1. The predicted octanol–water partition coefficient (Wildman–Crippen LogP) is 7.26. The quantitative estimate of drug-likeness (QED) is 0.276. The van der Waals surface area contributed by atoms with E-state index in [0.29, 0.717) is 0 Å². The maximum absolute atomic E-state index is 2.44. The van der Waals surface area contributed by atoms with Crippen molar-refractivity contribution in [3.63, 3.8) is 0 Å². The van der Waals surface area contributed by atoms with Crippen molar-refractivity contribution in [1.82, 2.24) is 4.40 Å². The molecular formula is C33H38N3+. The van der Waals surface area contributed by atoms with Gasteiger partial charge in [0.25, 0.3) is 0 Å². The Hall–Kier alpha value is -3.59. The molecule has 0 N–H and O–H groups in total. The summed E-state index contributed by atoms with van der Waals surface area (Å²) in [7, 11) is 4.20. The van der Waals surface area contributed by atoms with E-state index in [-0.39, 0.29) is 0 Å². The minimum atomic E-state index is 1.02. The van der Waals surface area contributed by atoms with Crippen LogP contribution in [0.4, 0.5) is 5.69 Å². The number of aromatic nitrogens is 2. The molecule has 36 heavy (non-hydrogen) atoms. The van der Waals surface area contributed by atoms with Gasteiger partial charge in [-0.1, -0.05) is 32.0 Å². The van der Waals surface area contributed by atoms with Crippen molar-refractivity contribution in [1.29, 1.82) is 0 Å². The Morgan fingerprint density at radius 3 is 2.08 bits per heavy atom. The third-order valence-corrected chi connectivity index (χ3v) is 8.07. The number of anilines is 1. The highest BCUT2D eigenvalue weighted by molar-refractivity contribution is 6.00. The van der Waals surface area contributed by atoms with Gasteiger partial charge in [0.2, 0.25) is 11.4 Å². The molecule has 3 heteroatoms. The van der Waals surface area contributed by atoms with Crippen LogP contribution in [0.25, 0.3) is 22.4 Å². The van der Waals surface area contributed by atoms with Crippen molar-refractivity contribution in [2.24, 2.45) is 0 Å². The highest BCUT2D eigenvalue weighted by Gasteiger charge is 2.35. The molecule has 0 aliphatic carbocycles. The van der Waals surface area contributed by atoms with Gasteiger partial charge in [-0.25, -0.2) is 0 Å². The summed E-state index contributed by atoms with van der Waals surface area (Å²) in [5.74, 6) is 0. The maximum atomic E-state index is 2.44. The van der Waals surface area contributed by atoms with E-state index in [1.807, 2.05) is 0 Å². The molecule has 4 heterocycles. The highest BCUT2D eigenvalue weighted by atomic mass is 15.1. The monoisotopic (exact) mass is 476 g/mol. The molecule has 0 unspecified atom stereocenters. The fraction of sp³-hybridized carbons (Fsp3) is 0.303. The van der Waals surface area contributed by atoms with E-state index in [0.717, 1.165) is 12.8 Å². The molecule has 1 aliphatic heterocycles. The minimum absolute atomic E-state index is 1.02. The van der Waals surface area contributed by atoms with Crippen LogP contribution in [-0.2, 0) is 12.8 Å². The van der Waals surface area contributed by atoms with Gasteiger partial charge in [-0.05, 0) is 87.1 Å². The van der Waals surface area contributed by atoms with Gasteiger partial charge in [-0.3, -0.25) is 0 Å². The van der Waals surface area contributed by atoms with Crippen LogP contribution in [-0.4, -0.2) is 18.5 Å². The summed E-state index contributed by atoms with van der Waals surface area (Å²) in [4.78, 5) is 2.16. The Morgan fingerprint density at radius 1 is 0.778 bits per heavy atom. The van der Waals surface area contributed by atoms with Gasteiger partial charge in [-0.15, -0.1) is 0 Å². The molecule has 0 amide bonds. The van der Waals surface area contributed by atoms with Crippen LogP contribution >= 0.6 is 0 Å². The summed E-state index contributed by atoms with van der Waals surface area (Å²) in [6, 6.07) is 18.2. The lowest BCUT2D eigenvalue weighted by molar-refractivity contribution is -0.578. The second-order valence-electron chi connectivity index (χ2n) is 10.3. The van der Waals surface area contributed by atoms with Crippen molar-refractivity contribution in [3.05, 3.63) is 106 Å². The summed E-state index contributed by atoms with van der Waals surface area (Å²) in [6.07, 6.45) is 6.72. The van der Waals surface area contributed by atoms with Crippen LogP contribution in [0.1, 0.15) is 66.9 Å². The molecule has 1 aliphatic rings. The van der Waals surface area contributed by atoms with Gasteiger partial charge in [0.05, 0.1) is 11.3 Å². The summed E-state index contributed by atoms with van der Waals surface area (Å²) in [6.45, 7) is 13.6. The standard InChI is InChI=1S/C33H38N3/c1-9-25-11-17-29-21(3)23(5)32(35(29)19-25)31(27-13-15-28(16-14-27)34(7)8)33-24(6)22(4)30-18-12-26(10-2)20-36(30)33/h11-20H,9-10H2,1-8H3/q+1. The fourth-order valence-electron chi connectivity index (χ4n) is 5.52. The van der Waals surface area contributed by atoms with E-state index in [1.54, 1.807) is 0 Å². The molecule has 4 aromatic rings. The Labute approximate surface area is 216 Å². The molecule has 0 bridgehead atoms. The number of fused-ring (bicyclic) bond motifs is 2. The van der Waals surface area contributed by atoms with E-state index in [9.17, 15) is 0 Å². The Morgan fingerprint density at radius 2 is 1.44 bits per heavy atom. The van der Waals surface area contributed by atoms with Crippen LogP contribution in [0.2, 0.25) is 0 Å². The average Bonchev–Trinajstić information content (AvgIpc) is 3.29.